The molecule has 1 unspecified atom stereocenters. The number of carboxylic acids is 1. The number of hydrogen-bond acceptors (Lipinski definition) is 4. The molecule has 0 bridgehead atoms. The minimum Gasteiger partial charge on any atom is -0.481 e. The molecule has 0 fully saturated rings. The van der Waals surface area contributed by atoms with Crippen LogP contribution >= 0.6 is 0 Å². The Morgan fingerprint density at radius 3 is 1.90 bits per heavy atom. The van der Waals surface area contributed by atoms with Gasteiger partial charge in [-0.3, -0.25) is 9.69 Å². The highest BCUT2D eigenvalue weighted by molar-refractivity contribution is 5.71. The number of rotatable bonds is 11. The van der Waals surface area contributed by atoms with Crippen molar-refractivity contribution in [3.63, 3.8) is 0 Å². The predicted molar refractivity (Wildman–Crippen MR) is 66.6 cm³/mol. The summed E-state index contributed by atoms with van der Waals surface area (Å²) in [5.41, 5.74) is 0. The van der Waals surface area contributed by atoms with Crippen molar-refractivity contribution < 1.29 is 32.5 Å². The first-order valence-electron chi connectivity index (χ1n) is 6.50. The lowest BCUT2D eigenvalue weighted by Gasteiger charge is -2.26. The molecule has 0 aliphatic rings. The molecule has 0 aliphatic heterocycles. The van der Waals surface area contributed by atoms with Gasteiger partial charge in [0.05, 0.1) is 13.2 Å². The molecule has 0 aromatic rings. The summed E-state index contributed by atoms with van der Waals surface area (Å²) < 4.78 is 48.1. The number of carbonyl (C=O) groups is 1. The quantitative estimate of drug-likeness (QED) is 0.588. The molecule has 0 saturated carbocycles. The van der Waals surface area contributed by atoms with Crippen molar-refractivity contribution >= 4 is 5.97 Å². The molecule has 0 radical (unpaired) electrons. The lowest BCUT2D eigenvalue weighted by Crippen LogP contribution is -2.43. The van der Waals surface area contributed by atoms with Crippen LogP contribution in [0.1, 0.15) is 13.8 Å². The van der Waals surface area contributed by atoms with Gasteiger partial charge in [-0.15, -0.1) is 0 Å². The Kier molecular flexibility index (Phi) is 9.52. The van der Waals surface area contributed by atoms with Gasteiger partial charge in [0.2, 0.25) is 0 Å². The van der Waals surface area contributed by atoms with Gasteiger partial charge in [0.15, 0.2) is 5.92 Å². The lowest BCUT2D eigenvalue weighted by atomic mass is 10.1. The third-order valence-electron chi connectivity index (χ3n) is 2.65. The maximum Gasteiger partial charge on any atom is 0.403 e. The van der Waals surface area contributed by atoms with E-state index >= 15 is 0 Å². The third kappa shape index (κ3) is 8.34. The highest BCUT2D eigenvalue weighted by Gasteiger charge is 2.45. The zero-order valence-corrected chi connectivity index (χ0v) is 11.8. The summed E-state index contributed by atoms with van der Waals surface area (Å²) in [6.45, 7) is 4.86. The summed E-state index contributed by atoms with van der Waals surface area (Å²) in [6, 6.07) is 0. The van der Waals surface area contributed by atoms with Gasteiger partial charge in [0.1, 0.15) is 0 Å². The molecule has 0 heterocycles. The largest absolute Gasteiger partial charge is 0.481 e. The Hall–Kier alpha value is -0.860. The maximum absolute atomic E-state index is 12.6. The Balaban J connectivity index is 4.52. The molecule has 0 amide bonds. The molecule has 0 aromatic carbocycles. The Bertz CT molecular complexity index is 264. The number of alkyl halides is 3. The van der Waals surface area contributed by atoms with Crippen LogP contribution in [0.4, 0.5) is 13.2 Å². The van der Waals surface area contributed by atoms with Gasteiger partial charge in [-0.1, -0.05) is 0 Å². The average Bonchev–Trinajstić information content (AvgIpc) is 2.33. The van der Waals surface area contributed by atoms with Gasteiger partial charge < -0.3 is 14.6 Å². The fourth-order valence-corrected chi connectivity index (χ4v) is 1.55. The fraction of sp³-hybridized carbons (Fsp3) is 0.917. The van der Waals surface area contributed by atoms with Gasteiger partial charge in [0.25, 0.3) is 0 Å². The van der Waals surface area contributed by atoms with Gasteiger partial charge >= 0.3 is 12.1 Å². The van der Waals surface area contributed by atoms with Crippen LogP contribution in [0.2, 0.25) is 0 Å². The van der Waals surface area contributed by atoms with E-state index in [2.05, 4.69) is 0 Å². The van der Waals surface area contributed by atoms with Gasteiger partial charge in [-0.2, -0.15) is 13.2 Å². The van der Waals surface area contributed by atoms with E-state index in [1.807, 2.05) is 0 Å². The zero-order valence-electron chi connectivity index (χ0n) is 11.8. The van der Waals surface area contributed by atoms with Gasteiger partial charge in [0, 0.05) is 32.8 Å². The average molecular weight is 301 g/mol. The molecular weight excluding hydrogens is 279 g/mol. The van der Waals surface area contributed by atoms with Crippen LogP contribution in [-0.4, -0.2) is 68.2 Å². The molecule has 0 spiro atoms. The van der Waals surface area contributed by atoms with Crippen LogP contribution in [0.3, 0.4) is 0 Å². The molecule has 0 aliphatic carbocycles. The first-order valence-corrected chi connectivity index (χ1v) is 6.50. The monoisotopic (exact) mass is 301 g/mol. The topological polar surface area (TPSA) is 59.0 Å². The van der Waals surface area contributed by atoms with Gasteiger partial charge in [-0.05, 0) is 13.8 Å². The van der Waals surface area contributed by atoms with E-state index in [0.29, 0.717) is 13.2 Å². The van der Waals surface area contributed by atoms with Crippen molar-refractivity contribution in [2.24, 2.45) is 5.92 Å². The number of halogens is 3. The van der Waals surface area contributed by atoms with Crippen molar-refractivity contribution in [2.45, 2.75) is 20.0 Å². The van der Waals surface area contributed by atoms with E-state index in [1.165, 1.54) is 4.90 Å². The molecule has 0 rings (SSSR count). The number of ether oxygens (including phenoxy) is 2. The SMILES string of the molecule is CCOCCN(CCOCC)CC(C(=O)O)C(F)(F)F. The Morgan fingerprint density at radius 2 is 1.60 bits per heavy atom. The second-order valence-electron chi connectivity index (χ2n) is 4.13. The van der Waals surface area contributed by atoms with Crippen molar-refractivity contribution in [1.82, 2.24) is 4.90 Å². The van der Waals surface area contributed by atoms with Crippen LogP contribution in [0, 0.1) is 5.92 Å². The summed E-state index contributed by atoms with van der Waals surface area (Å²) in [7, 11) is 0. The van der Waals surface area contributed by atoms with Crippen LogP contribution in [0.5, 0.6) is 0 Å². The van der Waals surface area contributed by atoms with E-state index in [9.17, 15) is 18.0 Å². The summed E-state index contributed by atoms with van der Waals surface area (Å²) in [6.07, 6.45) is -4.76. The zero-order chi connectivity index (χ0) is 15.6. The predicted octanol–water partition coefficient (Wildman–Crippen LogP) is 1.62. The minimum atomic E-state index is -4.76. The van der Waals surface area contributed by atoms with Crippen molar-refractivity contribution in [3.8, 4) is 0 Å². The molecule has 0 aromatic heterocycles. The number of hydrogen-bond donors (Lipinski definition) is 1. The highest BCUT2D eigenvalue weighted by Crippen LogP contribution is 2.27. The van der Waals surface area contributed by atoms with Crippen LogP contribution in [-0.2, 0) is 14.3 Å². The summed E-state index contributed by atoms with van der Waals surface area (Å²) in [4.78, 5) is 12.1. The van der Waals surface area contributed by atoms with Crippen LogP contribution < -0.4 is 0 Å². The van der Waals surface area contributed by atoms with Crippen LogP contribution in [0.15, 0.2) is 0 Å². The first-order chi connectivity index (χ1) is 9.32. The molecule has 20 heavy (non-hydrogen) atoms. The Morgan fingerprint density at radius 1 is 1.15 bits per heavy atom. The fourth-order valence-electron chi connectivity index (χ4n) is 1.55. The highest BCUT2D eigenvalue weighted by atomic mass is 19.4. The normalized spacial score (nSPS) is 13.7. The van der Waals surface area contributed by atoms with E-state index in [-0.39, 0.29) is 26.3 Å². The molecule has 8 heteroatoms. The second kappa shape index (κ2) is 9.95. The van der Waals surface area contributed by atoms with Crippen LogP contribution in [0.25, 0.3) is 0 Å². The van der Waals surface area contributed by atoms with E-state index in [4.69, 9.17) is 14.6 Å². The molecular formula is C12H22F3NO4. The first kappa shape index (κ1) is 19.1. The summed E-state index contributed by atoms with van der Waals surface area (Å²) in [5.74, 6) is -4.26. The molecule has 1 N–H and O–H groups in total. The van der Waals surface area contributed by atoms with Crippen molar-refractivity contribution in [2.75, 3.05) is 46.1 Å². The Labute approximate surface area is 116 Å². The number of aliphatic carboxylic acids is 1. The molecule has 120 valence electrons. The lowest BCUT2D eigenvalue weighted by molar-refractivity contribution is -0.197. The molecule has 1 atom stereocenters. The molecule has 0 saturated heterocycles. The van der Waals surface area contributed by atoms with E-state index < -0.39 is 24.6 Å². The number of carboxylic acid groups (broad SMARTS) is 1. The van der Waals surface area contributed by atoms with E-state index in [1.54, 1.807) is 13.8 Å². The maximum atomic E-state index is 12.6. The minimum absolute atomic E-state index is 0.237. The van der Waals surface area contributed by atoms with Crippen molar-refractivity contribution in [1.29, 1.82) is 0 Å². The number of nitrogens with zero attached hydrogens (tertiary/aromatic N) is 1. The summed E-state index contributed by atoms with van der Waals surface area (Å²) in [5, 5.41) is 8.69. The smallest absolute Gasteiger partial charge is 0.403 e. The second-order valence-corrected chi connectivity index (χ2v) is 4.13. The third-order valence-corrected chi connectivity index (χ3v) is 2.65. The molecule has 5 nitrogen and oxygen atoms in total. The summed E-state index contributed by atoms with van der Waals surface area (Å²) >= 11 is 0. The van der Waals surface area contributed by atoms with Gasteiger partial charge in [-0.25, -0.2) is 0 Å². The van der Waals surface area contributed by atoms with E-state index in [0.717, 1.165) is 0 Å². The standard InChI is InChI=1S/C12H22F3NO4/c1-3-19-7-5-16(6-8-20-4-2)9-10(11(17)18)12(13,14)15/h10H,3-9H2,1-2H3,(H,17,18). The van der Waals surface area contributed by atoms with Crippen molar-refractivity contribution in [3.05, 3.63) is 0 Å².